The summed E-state index contributed by atoms with van der Waals surface area (Å²) in [4.78, 5) is 13.6. The van der Waals surface area contributed by atoms with Gasteiger partial charge in [-0.05, 0) is 32.0 Å². The summed E-state index contributed by atoms with van der Waals surface area (Å²) in [7, 11) is 0. The lowest BCUT2D eigenvalue weighted by Gasteiger charge is -2.26. The lowest BCUT2D eigenvalue weighted by Crippen LogP contribution is -2.39. The Morgan fingerprint density at radius 3 is 2.60 bits per heavy atom. The van der Waals surface area contributed by atoms with Crippen molar-refractivity contribution in [2.24, 2.45) is 0 Å². The van der Waals surface area contributed by atoms with E-state index in [4.69, 9.17) is 10.2 Å². The maximum Gasteiger partial charge on any atom is 0.257 e. The topological polar surface area (TPSA) is 60.8 Å². The molecule has 4 nitrogen and oxygen atoms in total. The first kappa shape index (κ1) is 16.2. The fourth-order valence-corrected chi connectivity index (χ4v) is 1.76. The Morgan fingerprint density at radius 2 is 2.10 bits per heavy atom. The normalized spacial score (nSPS) is 10.1. The van der Waals surface area contributed by atoms with Crippen LogP contribution in [0.25, 0.3) is 0 Å². The van der Waals surface area contributed by atoms with Gasteiger partial charge in [-0.2, -0.15) is 0 Å². The number of hydrogen-bond donors (Lipinski definition) is 2. The predicted molar refractivity (Wildman–Crippen MR) is 73.6 cm³/mol. The van der Waals surface area contributed by atoms with Crippen molar-refractivity contribution < 1.29 is 19.4 Å². The monoisotopic (exact) mass is 279 g/mol. The summed E-state index contributed by atoms with van der Waals surface area (Å²) in [5.74, 6) is 3.86. The Balaban J connectivity index is 3.04. The van der Waals surface area contributed by atoms with E-state index in [-0.39, 0.29) is 31.4 Å². The Morgan fingerprint density at radius 1 is 1.40 bits per heavy atom. The van der Waals surface area contributed by atoms with Gasteiger partial charge in [0, 0.05) is 18.2 Å². The molecule has 0 aliphatic heterocycles. The van der Waals surface area contributed by atoms with Crippen molar-refractivity contribution in [3.05, 3.63) is 35.1 Å². The minimum Gasteiger partial charge on any atom is -0.395 e. The highest BCUT2D eigenvalue weighted by Crippen LogP contribution is 2.14. The van der Waals surface area contributed by atoms with E-state index < -0.39 is 11.7 Å². The van der Waals surface area contributed by atoms with Gasteiger partial charge in [0.05, 0.1) is 12.2 Å². The standard InChI is InChI=1S/C15H18FNO3/c1-11(2)17(7-9-19)15(20)13-6-5-12(4-3-8-18)10-14(13)16/h5-6,10-11,18-19H,7-9H2,1-2H3. The highest BCUT2D eigenvalue weighted by Gasteiger charge is 2.21. The smallest absolute Gasteiger partial charge is 0.257 e. The van der Waals surface area contributed by atoms with Gasteiger partial charge in [-0.3, -0.25) is 4.79 Å². The molecule has 0 bridgehead atoms. The molecule has 108 valence electrons. The van der Waals surface area contributed by atoms with Gasteiger partial charge in [0.1, 0.15) is 12.4 Å². The predicted octanol–water partition coefficient (Wildman–Crippen LogP) is 1.01. The number of aliphatic hydroxyl groups is 2. The van der Waals surface area contributed by atoms with Crippen LogP contribution in [-0.4, -0.2) is 46.8 Å². The number of aliphatic hydroxyl groups excluding tert-OH is 2. The third kappa shape index (κ3) is 4.05. The third-order valence-electron chi connectivity index (χ3n) is 2.74. The van der Waals surface area contributed by atoms with Gasteiger partial charge in [-0.25, -0.2) is 4.39 Å². The highest BCUT2D eigenvalue weighted by molar-refractivity contribution is 5.94. The summed E-state index contributed by atoms with van der Waals surface area (Å²) in [6, 6.07) is 3.91. The molecule has 1 aromatic carbocycles. The molecule has 0 atom stereocenters. The van der Waals surface area contributed by atoms with Crippen molar-refractivity contribution in [1.29, 1.82) is 0 Å². The number of hydrogen-bond acceptors (Lipinski definition) is 3. The summed E-state index contributed by atoms with van der Waals surface area (Å²) < 4.78 is 14.0. The van der Waals surface area contributed by atoms with Crippen molar-refractivity contribution in [3.63, 3.8) is 0 Å². The minimum absolute atomic E-state index is 0.0540. The minimum atomic E-state index is -0.664. The number of amides is 1. The summed E-state index contributed by atoms with van der Waals surface area (Å²) >= 11 is 0. The van der Waals surface area contributed by atoms with Crippen LogP contribution in [0, 0.1) is 17.7 Å². The summed E-state index contributed by atoms with van der Waals surface area (Å²) in [6.07, 6.45) is 0. The maximum absolute atomic E-state index is 14.0. The zero-order valence-corrected chi connectivity index (χ0v) is 11.6. The Labute approximate surface area is 117 Å². The molecule has 1 rings (SSSR count). The first-order valence-electron chi connectivity index (χ1n) is 6.32. The zero-order chi connectivity index (χ0) is 15.1. The van der Waals surface area contributed by atoms with E-state index in [1.165, 1.54) is 17.0 Å². The Bertz CT molecular complexity index is 532. The molecule has 0 fully saturated rings. The zero-order valence-electron chi connectivity index (χ0n) is 11.6. The van der Waals surface area contributed by atoms with Crippen LogP contribution in [0.1, 0.15) is 29.8 Å². The Kier molecular flexibility index (Phi) is 6.16. The molecule has 5 heteroatoms. The van der Waals surface area contributed by atoms with Gasteiger partial charge < -0.3 is 15.1 Å². The molecule has 0 radical (unpaired) electrons. The number of nitrogens with zero attached hydrogens (tertiary/aromatic N) is 1. The number of carbonyl (C=O) groups excluding carboxylic acids is 1. The van der Waals surface area contributed by atoms with Gasteiger partial charge in [-0.15, -0.1) is 0 Å². The van der Waals surface area contributed by atoms with Gasteiger partial charge >= 0.3 is 0 Å². The third-order valence-corrected chi connectivity index (χ3v) is 2.74. The van der Waals surface area contributed by atoms with Gasteiger partial charge in [-0.1, -0.05) is 11.8 Å². The maximum atomic E-state index is 14.0. The quantitative estimate of drug-likeness (QED) is 0.809. The largest absolute Gasteiger partial charge is 0.395 e. The molecule has 2 N–H and O–H groups in total. The Hall–Kier alpha value is -1.90. The lowest BCUT2D eigenvalue weighted by atomic mass is 10.1. The molecular formula is C15H18FNO3. The van der Waals surface area contributed by atoms with Crippen molar-refractivity contribution >= 4 is 5.91 Å². The van der Waals surface area contributed by atoms with Crippen LogP contribution in [-0.2, 0) is 0 Å². The molecule has 1 aromatic rings. The average molecular weight is 279 g/mol. The van der Waals surface area contributed by atoms with Crippen LogP contribution in [0.15, 0.2) is 18.2 Å². The van der Waals surface area contributed by atoms with Crippen LogP contribution in [0.4, 0.5) is 4.39 Å². The number of carbonyl (C=O) groups is 1. The van der Waals surface area contributed by atoms with E-state index in [1.807, 2.05) is 0 Å². The highest BCUT2D eigenvalue weighted by atomic mass is 19.1. The van der Waals surface area contributed by atoms with Crippen LogP contribution in [0.3, 0.4) is 0 Å². The fraction of sp³-hybridized carbons (Fsp3) is 0.400. The molecular weight excluding hydrogens is 261 g/mol. The summed E-state index contributed by atoms with van der Waals surface area (Å²) in [5, 5.41) is 17.5. The molecule has 0 aliphatic carbocycles. The molecule has 0 spiro atoms. The molecule has 0 unspecified atom stereocenters. The second-order valence-electron chi connectivity index (χ2n) is 4.47. The molecule has 1 amide bonds. The van der Waals surface area contributed by atoms with E-state index in [9.17, 15) is 9.18 Å². The number of rotatable bonds is 4. The van der Waals surface area contributed by atoms with Crippen LogP contribution in [0.2, 0.25) is 0 Å². The van der Waals surface area contributed by atoms with Gasteiger partial charge in [0.15, 0.2) is 0 Å². The second kappa shape index (κ2) is 7.63. The molecule has 20 heavy (non-hydrogen) atoms. The van der Waals surface area contributed by atoms with Crippen molar-refractivity contribution in [2.75, 3.05) is 19.8 Å². The molecule has 0 heterocycles. The second-order valence-corrected chi connectivity index (χ2v) is 4.47. The van der Waals surface area contributed by atoms with E-state index in [0.717, 1.165) is 6.07 Å². The van der Waals surface area contributed by atoms with Gasteiger partial charge in [0.2, 0.25) is 0 Å². The number of halogens is 1. The molecule has 0 saturated carbocycles. The van der Waals surface area contributed by atoms with Crippen LogP contribution >= 0.6 is 0 Å². The first-order chi connectivity index (χ1) is 9.51. The van der Waals surface area contributed by atoms with E-state index in [0.29, 0.717) is 5.56 Å². The molecule has 0 saturated heterocycles. The lowest BCUT2D eigenvalue weighted by molar-refractivity contribution is 0.0660. The molecule has 0 aromatic heterocycles. The van der Waals surface area contributed by atoms with Crippen molar-refractivity contribution in [2.45, 2.75) is 19.9 Å². The van der Waals surface area contributed by atoms with E-state index in [2.05, 4.69) is 11.8 Å². The van der Waals surface area contributed by atoms with E-state index >= 15 is 0 Å². The van der Waals surface area contributed by atoms with Crippen LogP contribution < -0.4 is 0 Å². The van der Waals surface area contributed by atoms with Gasteiger partial charge in [0.25, 0.3) is 5.91 Å². The SMILES string of the molecule is CC(C)N(CCO)C(=O)c1ccc(C#CCO)cc1F. The average Bonchev–Trinajstić information content (AvgIpc) is 2.41. The first-order valence-corrected chi connectivity index (χ1v) is 6.32. The van der Waals surface area contributed by atoms with E-state index in [1.54, 1.807) is 13.8 Å². The number of benzene rings is 1. The van der Waals surface area contributed by atoms with Crippen molar-refractivity contribution in [3.8, 4) is 11.8 Å². The fourth-order valence-electron chi connectivity index (χ4n) is 1.76. The van der Waals surface area contributed by atoms with Crippen molar-refractivity contribution in [1.82, 2.24) is 4.90 Å². The van der Waals surface area contributed by atoms with Crippen LogP contribution in [0.5, 0.6) is 0 Å². The summed E-state index contributed by atoms with van der Waals surface area (Å²) in [6.45, 7) is 3.27. The summed E-state index contributed by atoms with van der Waals surface area (Å²) in [5.41, 5.74) is 0.341. The molecule has 0 aliphatic rings.